The van der Waals surface area contributed by atoms with Gasteiger partial charge in [0.25, 0.3) is 0 Å². The molecule has 0 spiro atoms. The van der Waals surface area contributed by atoms with Crippen molar-refractivity contribution in [3.05, 3.63) is 90.5 Å². The number of nitrogens with zero attached hydrogens (tertiary/aromatic N) is 1. The van der Waals surface area contributed by atoms with Crippen molar-refractivity contribution < 1.29 is 27.8 Å². The van der Waals surface area contributed by atoms with Crippen molar-refractivity contribution in [1.29, 1.82) is 0 Å². The second-order valence-corrected chi connectivity index (χ2v) is 12.0. The van der Waals surface area contributed by atoms with E-state index in [0.29, 0.717) is 19.4 Å². The number of hydrogen-bond acceptors (Lipinski definition) is 6. The highest BCUT2D eigenvalue weighted by Crippen LogP contribution is 2.31. The first-order valence-electron chi connectivity index (χ1n) is 13.3. The lowest BCUT2D eigenvalue weighted by molar-refractivity contribution is -0.146. The van der Waals surface area contributed by atoms with E-state index >= 15 is 0 Å². The molecule has 2 N–H and O–H groups in total. The minimum Gasteiger partial charge on any atom is -0.389 e. The summed E-state index contributed by atoms with van der Waals surface area (Å²) in [6.07, 6.45) is -0.605. The lowest BCUT2D eigenvalue weighted by atomic mass is 9.96. The summed E-state index contributed by atoms with van der Waals surface area (Å²) in [7, 11) is -3.85. The molecule has 2 saturated heterocycles. The van der Waals surface area contributed by atoms with Crippen molar-refractivity contribution in [2.24, 2.45) is 0 Å². The molecule has 4 atom stereocenters. The first kappa shape index (κ1) is 27.5. The predicted octanol–water partition coefficient (Wildman–Crippen LogP) is 3.36. The largest absolute Gasteiger partial charge is 0.389 e. The van der Waals surface area contributed by atoms with Crippen LogP contribution in [0.15, 0.2) is 89.8 Å². The van der Waals surface area contributed by atoms with Gasteiger partial charge in [0.15, 0.2) is 0 Å². The van der Waals surface area contributed by atoms with Crippen LogP contribution >= 0.6 is 0 Å². The van der Waals surface area contributed by atoms with Crippen LogP contribution in [0.2, 0.25) is 0 Å². The first-order chi connectivity index (χ1) is 18.9. The Balaban J connectivity index is 1.18. The number of sulfonamides is 1. The summed E-state index contributed by atoms with van der Waals surface area (Å²) >= 11 is 0. The fraction of sp³-hybridized carbons (Fsp3) is 0.367. The summed E-state index contributed by atoms with van der Waals surface area (Å²) in [4.78, 5) is 12.9. The van der Waals surface area contributed by atoms with Gasteiger partial charge in [0, 0.05) is 13.1 Å². The van der Waals surface area contributed by atoms with Gasteiger partial charge in [0.1, 0.15) is 0 Å². The lowest BCUT2D eigenvalue weighted by Gasteiger charge is -2.43. The van der Waals surface area contributed by atoms with Crippen molar-refractivity contribution in [3.8, 4) is 11.1 Å². The molecule has 1 amide bonds. The van der Waals surface area contributed by atoms with Crippen molar-refractivity contribution >= 4 is 15.9 Å². The maximum Gasteiger partial charge on any atom is 0.243 e. The standard InChI is InChI=1S/C30H34N2O6S/c33-25-19-32(39(35,36)27-9-5-2-6-10-27)28-16-15-26(38-29(28)21-37-20-25)17-30(34)31-18-22-11-13-24(14-12-22)23-7-3-1-4-8-23/h1-14,25-26,28-29,33H,15-21H2,(H,31,34)/t25-,26-,28+,29-/m1/s1. The van der Waals surface area contributed by atoms with Crippen molar-refractivity contribution in [2.75, 3.05) is 19.8 Å². The van der Waals surface area contributed by atoms with Crippen molar-refractivity contribution in [3.63, 3.8) is 0 Å². The number of hydrogen-bond donors (Lipinski definition) is 2. The van der Waals surface area contributed by atoms with Gasteiger partial charge in [-0.1, -0.05) is 72.8 Å². The molecule has 3 aromatic rings. The summed E-state index contributed by atoms with van der Waals surface area (Å²) in [5, 5.41) is 13.3. The van der Waals surface area contributed by atoms with Crippen LogP contribution in [0.5, 0.6) is 0 Å². The number of carbonyl (C=O) groups excluding carboxylic acids is 1. The molecule has 2 fully saturated rings. The van der Waals surface area contributed by atoms with Gasteiger partial charge < -0.3 is 19.9 Å². The van der Waals surface area contributed by atoms with Crippen LogP contribution in [-0.2, 0) is 30.8 Å². The second-order valence-electron chi connectivity index (χ2n) is 10.1. The first-order valence-corrected chi connectivity index (χ1v) is 14.7. The maximum atomic E-state index is 13.5. The summed E-state index contributed by atoms with van der Waals surface area (Å²) in [6, 6.07) is 25.9. The Morgan fingerprint density at radius 1 is 0.897 bits per heavy atom. The number of rotatable bonds is 7. The molecule has 9 heteroatoms. The fourth-order valence-corrected chi connectivity index (χ4v) is 6.96. The number of fused-ring (bicyclic) bond motifs is 1. The molecule has 0 unspecified atom stereocenters. The molecule has 2 aliphatic heterocycles. The van der Waals surface area contributed by atoms with Crippen LogP contribution in [0, 0.1) is 0 Å². The number of β-amino-alcohol motifs (C(OH)–C–C–N with tert-alkyl or cyclic N) is 1. The maximum absolute atomic E-state index is 13.5. The number of carbonyl (C=O) groups is 1. The SMILES string of the molecule is O=C(C[C@H]1CC[C@H]2[C@@H](COC[C@H](O)CN2S(=O)(=O)c2ccccc2)O1)NCc1ccc(-c2ccccc2)cc1. The summed E-state index contributed by atoms with van der Waals surface area (Å²) in [5.74, 6) is -0.124. The minimum atomic E-state index is -3.85. The third kappa shape index (κ3) is 6.74. The highest BCUT2D eigenvalue weighted by Gasteiger charge is 2.43. The predicted molar refractivity (Wildman–Crippen MR) is 147 cm³/mol. The number of aliphatic hydroxyl groups excluding tert-OH is 1. The van der Waals surface area contributed by atoms with Crippen molar-refractivity contribution in [1.82, 2.24) is 9.62 Å². The van der Waals surface area contributed by atoms with E-state index in [2.05, 4.69) is 17.4 Å². The Kier molecular flexibility index (Phi) is 8.74. The van der Waals surface area contributed by atoms with Gasteiger partial charge in [-0.15, -0.1) is 0 Å². The summed E-state index contributed by atoms with van der Waals surface area (Å²) < 4.78 is 40.2. The number of aliphatic hydroxyl groups is 1. The molecule has 5 rings (SSSR count). The molecule has 3 aromatic carbocycles. The van der Waals surface area contributed by atoms with Gasteiger partial charge in [-0.05, 0) is 41.7 Å². The van der Waals surface area contributed by atoms with E-state index < -0.39 is 28.3 Å². The van der Waals surface area contributed by atoms with Crippen molar-refractivity contribution in [2.45, 2.75) is 55.1 Å². The Morgan fingerprint density at radius 2 is 1.56 bits per heavy atom. The monoisotopic (exact) mass is 550 g/mol. The molecule has 2 aliphatic rings. The minimum absolute atomic E-state index is 0.0155. The van der Waals surface area contributed by atoms with Gasteiger partial charge in [0.05, 0.1) is 48.9 Å². The van der Waals surface area contributed by atoms with E-state index in [0.717, 1.165) is 16.7 Å². The number of amides is 1. The van der Waals surface area contributed by atoms with Gasteiger partial charge in [-0.25, -0.2) is 8.42 Å². The van der Waals surface area contributed by atoms with Gasteiger partial charge in [-0.2, -0.15) is 4.31 Å². The molecule has 0 saturated carbocycles. The summed E-state index contributed by atoms with van der Waals surface area (Å²) in [6.45, 7) is 0.503. The third-order valence-electron chi connectivity index (χ3n) is 7.25. The van der Waals surface area contributed by atoms with Gasteiger partial charge in [0.2, 0.25) is 15.9 Å². The van der Waals surface area contributed by atoms with E-state index in [1.165, 1.54) is 4.31 Å². The zero-order chi connectivity index (χ0) is 27.2. The Morgan fingerprint density at radius 3 is 2.28 bits per heavy atom. The Hall–Kier alpha value is -3.08. The van der Waals surface area contributed by atoms with E-state index in [4.69, 9.17) is 9.47 Å². The fourth-order valence-electron chi connectivity index (χ4n) is 5.22. The average Bonchev–Trinajstić information content (AvgIpc) is 2.95. The van der Waals surface area contributed by atoms with E-state index in [-0.39, 0.29) is 43.1 Å². The molecule has 8 nitrogen and oxygen atoms in total. The molecule has 0 aromatic heterocycles. The molecular formula is C30H34N2O6S. The van der Waals surface area contributed by atoms with E-state index in [1.807, 2.05) is 42.5 Å². The lowest BCUT2D eigenvalue weighted by Crippen LogP contribution is -2.57. The zero-order valence-electron chi connectivity index (χ0n) is 21.7. The van der Waals surface area contributed by atoms with Crippen LogP contribution in [0.1, 0.15) is 24.8 Å². The molecule has 0 bridgehead atoms. The molecule has 206 valence electrons. The van der Waals surface area contributed by atoms with E-state index in [9.17, 15) is 18.3 Å². The Labute approximate surface area is 229 Å². The van der Waals surface area contributed by atoms with Crippen LogP contribution in [-0.4, -0.2) is 67.8 Å². The third-order valence-corrected chi connectivity index (χ3v) is 9.15. The van der Waals surface area contributed by atoms with Crippen LogP contribution in [0.4, 0.5) is 0 Å². The smallest absolute Gasteiger partial charge is 0.243 e. The highest BCUT2D eigenvalue weighted by molar-refractivity contribution is 7.89. The van der Waals surface area contributed by atoms with Crippen LogP contribution < -0.4 is 5.32 Å². The van der Waals surface area contributed by atoms with Crippen LogP contribution in [0.3, 0.4) is 0 Å². The molecule has 0 radical (unpaired) electrons. The molecule has 0 aliphatic carbocycles. The zero-order valence-corrected chi connectivity index (χ0v) is 22.5. The van der Waals surface area contributed by atoms with Gasteiger partial charge in [-0.3, -0.25) is 4.79 Å². The average molecular weight is 551 g/mol. The topological polar surface area (TPSA) is 105 Å². The number of nitrogens with one attached hydrogen (secondary N) is 1. The summed E-state index contributed by atoms with van der Waals surface area (Å²) in [5.41, 5.74) is 3.26. The normalized spacial score (nSPS) is 24.2. The van der Waals surface area contributed by atoms with Crippen LogP contribution in [0.25, 0.3) is 11.1 Å². The quantitative estimate of drug-likeness (QED) is 0.468. The molecule has 2 heterocycles. The molecule has 39 heavy (non-hydrogen) atoms. The Bertz CT molecular complexity index is 1330. The number of ether oxygens (including phenoxy) is 2. The van der Waals surface area contributed by atoms with E-state index in [1.54, 1.807) is 30.3 Å². The van der Waals surface area contributed by atoms with Gasteiger partial charge >= 0.3 is 0 Å². The number of benzene rings is 3. The second kappa shape index (κ2) is 12.4. The highest BCUT2D eigenvalue weighted by atomic mass is 32.2. The molecular weight excluding hydrogens is 516 g/mol.